The molecule has 0 bridgehead atoms. The highest BCUT2D eigenvalue weighted by Gasteiger charge is 2.21. The number of likely N-dealkylation sites (N-methyl/N-ethyl adjacent to an activating group) is 1. The van der Waals surface area contributed by atoms with Crippen molar-refractivity contribution < 1.29 is 4.39 Å². The number of aromatic amines is 1. The van der Waals surface area contributed by atoms with Crippen LogP contribution in [0.3, 0.4) is 0 Å². The van der Waals surface area contributed by atoms with Crippen LogP contribution in [0.15, 0.2) is 12.1 Å². The van der Waals surface area contributed by atoms with Crippen LogP contribution in [0.5, 0.6) is 0 Å². The van der Waals surface area contributed by atoms with E-state index in [1.165, 1.54) is 6.07 Å². The van der Waals surface area contributed by atoms with Gasteiger partial charge in [-0.25, -0.2) is 4.39 Å². The van der Waals surface area contributed by atoms with Crippen molar-refractivity contribution in [3.63, 3.8) is 0 Å². The van der Waals surface area contributed by atoms with Crippen LogP contribution in [0.2, 0.25) is 5.02 Å². The third-order valence-electron chi connectivity index (χ3n) is 3.22. The normalized spacial score (nSPS) is 16.7. The van der Waals surface area contributed by atoms with Crippen molar-refractivity contribution >= 4 is 22.5 Å². The van der Waals surface area contributed by atoms with Gasteiger partial charge in [-0.15, -0.1) is 0 Å². The zero-order valence-electron chi connectivity index (χ0n) is 8.98. The fourth-order valence-corrected chi connectivity index (χ4v) is 2.59. The molecule has 0 radical (unpaired) electrons. The second kappa shape index (κ2) is 3.47. The van der Waals surface area contributed by atoms with Crippen LogP contribution in [0, 0.1) is 5.82 Å². The quantitative estimate of drug-likeness (QED) is 0.748. The van der Waals surface area contributed by atoms with Crippen molar-refractivity contribution in [1.82, 2.24) is 9.88 Å². The Balaban J connectivity index is 2.34. The summed E-state index contributed by atoms with van der Waals surface area (Å²) in [6.07, 6.45) is 0.927. The predicted octanol–water partition coefficient (Wildman–Crippen LogP) is 2.95. The molecule has 16 heavy (non-hydrogen) atoms. The molecule has 2 nitrogen and oxygen atoms in total. The molecular weight excluding hydrogens is 227 g/mol. The van der Waals surface area contributed by atoms with E-state index < -0.39 is 0 Å². The monoisotopic (exact) mass is 238 g/mol. The maximum absolute atomic E-state index is 13.8. The van der Waals surface area contributed by atoms with Crippen LogP contribution in [0.1, 0.15) is 11.3 Å². The van der Waals surface area contributed by atoms with Gasteiger partial charge in [-0.05, 0) is 24.7 Å². The molecule has 1 aliphatic rings. The fourth-order valence-electron chi connectivity index (χ4n) is 2.39. The van der Waals surface area contributed by atoms with Crippen molar-refractivity contribution in [3.05, 3.63) is 34.2 Å². The molecule has 0 saturated carbocycles. The number of benzene rings is 1. The van der Waals surface area contributed by atoms with Crippen molar-refractivity contribution in [2.24, 2.45) is 0 Å². The first-order valence-corrected chi connectivity index (χ1v) is 5.70. The van der Waals surface area contributed by atoms with Gasteiger partial charge in [0.15, 0.2) is 0 Å². The summed E-state index contributed by atoms with van der Waals surface area (Å²) >= 11 is 6.07. The van der Waals surface area contributed by atoms with Crippen LogP contribution in [-0.2, 0) is 13.0 Å². The van der Waals surface area contributed by atoms with Gasteiger partial charge in [0.1, 0.15) is 5.82 Å². The largest absolute Gasteiger partial charge is 0.357 e. The summed E-state index contributed by atoms with van der Waals surface area (Å²) in [5.74, 6) is -0.188. The minimum Gasteiger partial charge on any atom is -0.357 e. The summed E-state index contributed by atoms with van der Waals surface area (Å²) in [6, 6.07) is 3.04. The Bertz CT molecular complexity index is 562. The van der Waals surface area contributed by atoms with Crippen molar-refractivity contribution in [2.75, 3.05) is 13.6 Å². The fraction of sp³-hybridized carbons (Fsp3) is 0.333. The number of rotatable bonds is 0. The van der Waals surface area contributed by atoms with E-state index in [4.69, 9.17) is 11.6 Å². The summed E-state index contributed by atoms with van der Waals surface area (Å²) in [5, 5.41) is 1.25. The zero-order valence-corrected chi connectivity index (χ0v) is 9.74. The Morgan fingerprint density at radius 2 is 2.25 bits per heavy atom. The first-order valence-electron chi connectivity index (χ1n) is 5.33. The molecular formula is C12H12ClFN2. The van der Waals surface area contributed by atoms with E-state index in [1.54, 1.807) is 6.07 Å². The van der Waals surface area contributed by atoms with E-state index >= 15 is 0 Å². The molecule has 0 amide bonds. The van der Waals surface area contributed by atoms with Gasteiger partial charge in [0.25, 0.3) is 0 Å². The van der Waals surface area contributed by atoms with Crippen molar-refractivity contribution in [2.45, 2.75) is 13.0 Å². The lowest BCUT2D eigenvalue weighted by molar-refractivity contribution is 0.312. The number of nitrogens with zero attached hydrogens (tertiary/aromatic N) is 1. The molecule has 1 N–H and O–H groups in total. The number of fused-ring (bicyclic) bond motifs is 3. The van der Waals surface area contributed by atoms with Gasteiger partial charge in [-0.2, -0.15) is 0 Å². The van der Waals surface area contributed by atoms with E-state index in [1.807, 2.05) is 7.05 Å². The minimum absolute atomic E-state index is 0.188. The van der Waals surface area contributed by atoms with Crippen LogP contribution < -0.4 is 0 Å². The van der Waals surface area contributed by atoms with Crippen LogP contribution in [-0.4, -0.2) is 23.5 Å². The molecule has 1 aromatic carbocycles. The summed E-state index contributed by atoms with van der Waals surface area (Å²) < 4.78 is 13.8. The lowest BCUT2D eigenvalue weighted by atomic mass is 10.0. The van der Waals surface area contributed by atoms with Crippen molar-refractivity contribution in [3.8, 4) is 0 Å². The van der Waals surface area contributed by atoms with Crippen molar-refractivity contribution in [1.29, 1.82) is 0 Å². The number of aromatic nitrogens is 1. The number of H-pyrrole nitrogens is 1. The van der Waals surface area contributed by atoms with Gasteiger partial charge in [0.2, 0.25) is 0 Å². The number of halogens is 2. The molecule has 1 aromatic heterocycles. The summed E-state index contributed by atoms with van der Waals surface area (Å²) in [4.78, 5) is 5.44. The van der Waals surface area contributed by atoms with E-state index in [2.05, 4.69) is 9.88 Å². The zero-order chi connectivity index (χ0) is 11.3. The Hall–Kier alpha value is -1.06. The van der Waals surface area contributed by atoms with E-state index in [-0.39, 0.29) is 5.82 Å². The average Bonchev–Trinajstić information content (AvgIpc) is 2.63. The Morgan fingerprint density at radius 3 is 3.06 bits per heavy atom. The topological polar surface area (TPSA) is 19.0 Å². The number of nitrogens with one attached hydrogen (secondary N) is 1. The van der Waals surface area contributed by atoms with Gasteiger partial charge < -0.3 is 9.88 Å². The summed E-state index contributed by atoms with van der Waals surface area (Å²) in [6.45, 7) is 1.78. The van der Waals surface area contributed by atoms with Crippen LogP contribution in [0.25, 0.3) is 10.9 Å². The summed E-state index contributed by atoms with van der Waals surface area (Å²) in [7, 11) is 2.05. The Morgan fingerprint density at radius 1 is 1.44 bits per heavy atom. The van der Waals surface area contributed by atoms with Gasteiger partial charge in [-0.3, -0.25) is 0 Å². The molecule has 0 atom stereocenters. The molecule has 0 spiro atoms. The van der Waals surface area contributed by atoms with Gasteiger partial charge in [-0.1, -0.05) is 11.6 Å². The predicted molar refractivity (Wildman–Crippen MR) is 63.3 cm³/mol. The highest BCUT2D eigenvalue weighted by atomic mass is 35.5. The van der Waals surface area contributed by atoms with E-state index in [0.717, 1.165) is 36.3 Å². The Kier molecular flexibility index (Phi) is 2.19. The maximum atomic E-state index is 13.8. The second-order valence-electron chi connectivity index (χ2n) is 4.35. The molecule has 0 fully saturated rings. The smallest absolute Gasteiger partial charge is 0.133 e. The van der Waals surface area contributed by atoms with E-state index in [0.29, 0.717) is 10.4 Å². The highest BCUT2D eigenvalue weighted by molar-refractivity contribution is 6.35. The van der Waals surface area contributed by atoms with Crippen LogP contribution in [0.4, 0.5) is 4.39 Å². The molecule has 1 aliphatic heterocycles. The Labute approximate surface area is 98.0 Å². The SMILES string of the molecule is CN1CCc2[nH]c3c(Cl)ccc(F)c3c2C1. The number of hydrogen-bond acceptors (Lipinski definition) is 1. The lowest BCUT2D eigenvalue weighted by Gasteiger charge is -2.22. The van der Waals surface area contributed by atoms with Crippen LogP contribution >= 0.6 is 11.6 Å². The number of hydrogen-bond donors (Lipinski definition) is 1. The summed E-state index contributed by atoms with van der Waals surface area (Å²) in [5.41, 5.74) is 2.92. The van der Waals surface area contributed by atoms with Gasteiger partial charge in [0, 0.05) is 30.6 Å². The third-order valence-corrected chi connectivity index (χ3v) is 3.53. The first-order chi connectivity index (χ1) is 7.66. The van der Waals surface area contributed by atoms with E-state index in [9.17, 15) is 4.39 Å². The molecule has 0 aliphatic carbocycles. The molecule has 4 heteroatoms. The standard InChI is InChI=1S/C12H12ClFN2/c1-16-5-4-10-7(6-16)11-9(14)3-2-8(13)12(11)15-10/h2-3,15H,4-6H2,1H3. The molecule has 2 aromatic rings. The second-order valence-corrected chi connectivity index (χ2v) is 4.76. The molecule has 84 valence electrons. The third kappa shape index (κ3) is 1.35. The van der Waals surface area contributed by atoms with Gasteiger partial charge in [0.05, 0.1) is 10.5 Å². The molecule has 0 unspecified atom stereocenters. The molecule has 0 saturated heterocycles. The average molecular weight is 239 g/mol. The lowest BCUT2D eigenvalue weighted by Crippen LogP contribution is -2.26. The minimum atomic E-state index is -0.188. The molecule has 2 heterocycles. The maximum Gasteiger partial charge on any atom is 0.133 e. The highest BCUT2D eigenvalue weighted by Crippen LogP contribution is 2.33. The molecule has 3 rings (SSSR count). The van der Waals surface area contributed by atoms with Gasteiger partial charge >= 0.3 is 0 Å². The first kappa shape index (κ1) is 10.1.